The smallest absolute Gasteiger partial charge is 0.366 e. The van der Waals surface area contributed by atoms with E-state index in [2.05, 4.69) is 0 Å². The summed E-state index contributed by atoms with van der Waals surface area (Å²) < 4.78 is 63.6. The molecule has 128 valence electrons. The molecule has 2 N–H and O–H groups in total. The van der Waals surface area contributed by atoms with E-state index in [4.69, 9.17) is 5.73 Å². The zero-order valence-electron chi connectivity index (χ0n) is 12.4. The Morgan fingerprint density at radius 1 is 1.04 bits per heavy atom. The minimum atomic E-state index is -4.56. The van der Waals surface area contributed by atoms with Crippen LogP contribution in [0.25, 0.3) is 0 Å². The molecule has 2 aromatic carbocycles. The van der Waals surface area contributed by atoms with Crippen molar-refractivity contribution in [2.24, 2.45) is 5.73 Å². The van der Waals surface area contributed by atoms with Crippen LogP contribution in [0, 0.1) is 0 Å². The number of benzene rings is 2. The fourth-order valence-electron chi connectivity index (χ4n) is 2.06. The van der Waals surface area contributed by atoms with E-state index in [9.17, 15) is 26.4 Å². The molecule has 0 saturated carbocycles. The van der Waals surface area contributed by atoms with Crippen molar-refractivity contribution in [3.63, 3.8) is 0 Å². The van der Waals surface area contributed by atoms with Crippen LogP contribution in [0.1, 0.15) is 15.9 Å². The third kappa shape index (κ3) is 3.35. The Bertz CT molecular complexity index is 862. The van der Waals surface area contributed by atoms with Gasteiger partial charge in [-0.15, -0.1) is 0 Å². The summed E-state index contributed by atoms with van der Waals surface area (Å²) in [7, 11) is -2.96. The quantitative estimate of drug-likeness (QED) is 0.912. The molecule has 0 radical (unpaired) electrons. The fourth-order valence-corrected chi connectivity index (χ4v) is 3.27. The Morgan fingerprint density at radius 3 is 2.08 bits per heavy atom. The molecular formula is C15H13F3N2O3S. The minimum Gasteiger partial charge on any atom is -0.366 e. The number of amides is 1. The first kappa shape index (κ1) is 17.8. The van der Waals surface area contributed by atoms with E-state index < -0.39 is 27.7 Å². The molecule has 0 atom stereocenters. The number of carbonyl (C=O) groups is 1. The monoisotopic (exact) mass is 358 g/mol. The number of primary amides is 1. The highest BCUT2D eigenvalue weighted by Crippen LogP contribution is 2.31. The normalized spacial score (nSPS) is 12.0. The average molecular weight is 358 g/mol. The van der Waals surface area contributed by atoms with Crippen molar-refractivity contribution in [1.82, 2.24) is 0 Å². The number of carbonyl (C=O) groups excluding carboxylic acids is 1. The highest BCUT2D eigenvalue weighted by molar-refractivity contribution is 7.92. The van der Waals surface area contributed by atoms with Gasteiger partial charge in [0.2, 0.25) is 0 Å². The molecule has 0 saturated heterocycles. The van der Waals surface area contributed by atoms with Gasteiger partial charge in [0.1, 0.15) is 0 Å². The molecule has 0 heterocycles. The number of nitrogens with zero attached hydrogens (tertiary/aromatic N) is 1. The summed E-state index contributed by atoms with van der Waals surface area (Å²) in [4.78, 5) is 11.1. The number of rotatable bonds is 4. The van der Waals surface area contributed by atoms with E-state index in [1.54, 1.807) is 0 Å². The Kier molecular flexibility index (Phi) is 4.57. The molecule has 2 rings (SSSR count). The number of sulfonamides is 1. The van der Waals surface area contributed by atoms with Gasteiger partial charge in [-0.25, -0.2) is 8.42 Å². The zero-order valence-corrected chi connectivity index (χ0v) is 13.2. The summed E-state index contributed by atoms with van der Waals surface area (Å²) in [6.45, 7) is 0. The van der Waals surface area contributed by atoms with Crippen molar-refractivity contribution in [3.05, 3.63) is 59.7 Å². The number of para-hydroxylation sites is 1. The van der Waals surface area contributed by atoms with Crippen LogP contribution in [0.4, 0.5) is 18.9 Å². The second-order valence-electron chi connectivity index (χ2n) is 4.88. The van der Waals surface area contributed by atoms with Crippen molar-refractivity contribution in [3.8, 4) is 0 Å². The van der Waals surface area contributed by atoms with E-state index >= 15 is 0 Å². The number of hydrogen-bond acceptors (Lipinski definition) is 3. The van der Waals surface area contributed by atoms with Gasteiger partial charge >= 0.3 is 6.18 Å². The number of hydrogen-bond donors (Lipinski definition) is 1. The predicted octanol–water partition coefficient (Wildman–Crippen LogP) is 2.63. The summed E-state index contributed by atoms with van der Waals surface area (Å²) in [6.07, 6.45) is -4.56. The van der Waals surface area contributed by atoms with Gasteiger partial charge < -0.3 is 5.73 Å². The second kappa shape index (κ2) is 6.16. The van der Waals surface area contributed by atoms with Crippen LogP contribution in [0.3, 0.4) is 0 Å². The third-order valence-corrected chi connectivity index (χ3v) is 5.13. The highest BCUT2D eigenvalue weighted by atomic mass is 32.2. The van der Waals surface area contributed by atoms with Gasteiger partial charge in [-0.3, -0.25) is 9.10 Å². The topological polar surface area (TPSA) is 80.5 Å². The molecule has 5 nitrogen and oxygen atoms in total. The van der Waals surface area contributed by atoms with E-state index in [1.165, 1.54) is 31.3 Å². The largest absolute Gasteiger partial charge is 0.416 e. The molecule has 0 unspecified atom stereocenters. The van der Waals surface area contributed by atoms with E-state index in [0.29, 0.717) is 12.1 Å². The molecule has 9 heteroatoms. The molecule has 0 aliphatic rings. The summed E-state index contributed by atoms with van der Waals surface area (Å²) >= 11 is 0. The number of alkyl halides is 3. The Labute approximate surface area is 136 Å². The summed E-state index contributed by atoms with van der Waals surface area (Å²) in [5.41, 5.74) is 4.27. The van der Waals surface area contributed by atoms with Gasteiger partial charge in [-0.1, -0.05) is 12.1 Å². The molecule has 0 aromatic heterocycles. The molecule has 0 aliphatic carbocycles. The van der Waals surface area contributed by atoms with Crippen molar-refractivity contribution in [1.29, 1.82) is 0 Å². The molecule has 0 fully saturated rings. The lowest BCUT2D eigenvalue weighted by molar-refractivity contribution is -0.137. The first-order valence-corrected chi connectivity index (χ1v) is 8.04. The first-order valence-electron chi connectivity index (χ1n) is 6.60. The summed E-state index contributed by atoms with van der Waals surface area (Å²) in [5, 5.41) is 0. The van der Waals surface area contributed by atoms with E-state index in [0.717, 1.165) is 16.4 Å². The molecule has 0 aliphatic heterocycles. The van der Waals surface area contributed by atoms with Gasteiger partial charge in [-0.05, 0) is 36.4 Å². The number of nitrogens with two attached hydrogens (primary N) is 1. The minimum absolute atomic E-state index is 0.0181. The fraction of sp³-hybridized carbons (Fsp3) is 0.133. The summed E-state index contributed by atoms with van der Waals surface area (Å²) in [6, 6.07) is 8.85. The summed E-state index contributed by atoms with van der Waals surface area (Å²) in [5.74, 6) is -0.819. The maximum Gasteiger partial charge on any atom is 0.416 e. The van der Waals surface area contributed by atoms with Crippen LogP contribution in [-0.2, 0) is 16.2 Å². The Morgan fingerprint density at radius 2 is 1.58 bits per heavy atom. The molecule has 1 amide bonds. The molecular weight excluding hydrogens is 345 g/mol. The van der Waals surface area contributed by atoms with Crippen molar-refractivity contribution < 1.29 is 26.4 Å². The van der Waals surface area contributed by atoms with Gasteiger partial charge in [0, 0.05) is 7.05 Å². The molecule has 24 heavy (non-hydrogen) atoms. The lowest BCUT2D eigenvalue weighted by Gasteiger charge is -2.21. The standard InChI is InChI=1S/C15H13F3N2O3S/c1-20(13-5-3-2-4-12(13)14(19)21)24(22,23)11-8-6-10(7-9-11)15(16,17)18/h2-9H,1H3,(H2,19,21). The van der Waals surface area contributed by atoms with Crippen LogP contribution in [0.5, 0.6) is 0 Å². The third-order valence-electron chi connectivity index (χ3n) is 3.35. The highest BCUT2D eigenvalue weighted by Gasteiger charge is 2.31. The Hall–Kier alpha value is -2.55. The predicted molar refractivity (Wildman–Crippen MR) is 82.0 cm³/mol. The number of anilines is 1. The van der Waals surface area contributed by atoms with Gasteiger partial charge in [0.25, 0.3) is 15.9 Å². The van der Waals surface area contributed by atoms with Crippen molar-refractivity contribution in [2.75, 3.05) is 11.4 Å². The molecule has 0 bridgehead atoms. The van der Waals surface area contributed by atoms with E-state index in [1.807, 2.05) is 0 Å². The number of halogens is 3. The van der Waals surface area contributed by atoms with Gasteiger partial charge in [0.05, 0.1) is 21.7 Å². The van der Waals surface area contributed by atoms with Crippen LogP contribution >= 0.6 is 0 Å². The van der Waals surface area contributed by atoms with Crippen molar-refractivity contribution >= 4 is 21.6 Å². The maximum atomic E-state index is 12.6. The van der Waals surface area contributed by atoms with E-state index in [-0.39, 0.29) is 16.1 Å². The van der Waals surface area contributed by atoms with Crippen LogP contribution < -0.4 is 10.0 Å². The van der Waals surface area contributed by atoms with Crippen LogP contribution in [0.2, 0.25) is 0 Å². The van der Waals surface area contributed by atoms with Crippen molar-refractivity contribution in [2.45, 2.75) is 11.1 Å². The first-order chi connectivity index (χ1) is 11.0. The van der Waals surface area contributed by atoms with Crippen LogP contribution in [0.15, 0.2) is 53.4 Å². The zero-order chi connectivity index (χ0) is 18.1. The van der Waals surface area contributed by atoms with Gasteiger partial charge in [-0.2, -0.15) is 13.2 Å². The molecule has 0 spiro atoms. The lowest BCUT2D eigenvalue weighted by atomic mass is 10.2. The van der Waals surface area contributed by atoms with Crippen LogP contribution in [-0.4, -0.2) is 21.4 Å². The Balaban J connectivity index is 2.46. The SMILES string of the molecule is CN(c1ccccc1C(N)=O)S(=O)(=O)c1ccc(C(F)(F)F)cc1. The average Bonchev–Trinajstić information content (AvgIpc) is 2.53. The van der Waals surface area contributed by atoms with Gasteiger partial charge in [0.15, 0.2) is 0 Å². The lowest BCUT2D eigenvalue weighted by Crippen LogP contribution is -2.29. The molecule has 2 aromatic rings. The maximum absolute atomic E-state index is 12.6. The second-order valence-corrected chi connectivity index (χ2v) is 6.85.